The predicted molar refractivity (Wildman–Crippen MR) is 140 cm³/mol. The molecular weight excluding hydrogens is 422 g/mol. The Kier molecular flexibility index (Phi) is 6.91. The average molecular weight is 457 g/mol. The first kappa shape index (κ1) is 24.7. The third kappa shape index (κ3) is 3.75. The molecule has 2 aromatic carbocycles. The largest absolute Gasteiger partial charge is 0.382 e. The standard InChI is InChI=1S/C25H22N5O.3CH4/c26-24-23-22(28-25(18-7-4-8-18)29(23)14-13-27-24)19-10-9-17-11-12-20(30(31)21(17)15-19)16-5-2-1-3-6-16;;;/h1-3,5-6,9-15,18,31H,4,7-8H2,(H2,26,27);3*1H4/q+1;;;. The first-order valence-corrected chi connectivity index (χ1v) is 10.6. The number of hydrogen-bond acceptors (Lipinski definition) is 4. The molecule has 0 saturated heterocycles. The SMILES string of the molecule is C.C.C.Nc1nccn2c(C3CCC3)nc(-c3ccc4ccc(-c5ccccc5)[n+](O)c4c3)c12. The number of nitrogens with zero attached hydrogens (tertiary/aromatic N) is 4. The van der Waals surface area contributed by atoms with Gasteiger partial charge in [-0.05, 0) is 37.1 Å². The Morgan fingerprint density at radius 3 is 2.38 bits per heavy atom. The third-order valence-electron chi connectivity index (χ3n) is 6.33. The molecule has 0 bridgehead atoms. The Balaban J connectivity index is 0.00000108. The third-order valence-corrected chi connectivity index (χ3v) is 6.33. The summed E-state index contributed by atoms with van der Waals surface area (Å²) in [6.07, 6.45) is 7.20. The van der Waals surface area contributed by atoms with Gasteiger partial charge in [-0.15, -0.1) is 0 Å². The van der Waals surface area contributed by atoms with Crippen molar-refractivity contribution >= 4 is 22.2 Å². The van der Waals surface area contributed by atoms with Crippen LogP contribution < -0.4 is 10.5 Å². The van der Waals surface area contributed by atoms with E-state index in [-0.39, 0.29) is 22.3 Å². The summed E-state index contributed by atoms with van der Waals surface area (Å²) >= 11 is 0. The predicted octanol–water partition coefficient (Wildman–Crippen LogP) is 6.50. The van der Waals surface area contributed by atoms with E-state index in [1.807, 2.05) is 66.9 Å². The molecule has 1 aliphatic rings. The molecular formula is C28H34N5O+. The van der Waals surface area contributed by atoms with Crippen molar-refractivity contribution in [3.05, 3.63) is 78.9 Å². The first-order chi connectivity index (χ1) is 15.2. The van der Waals surface area contributed by atoms with Gasteiger partial charge in [0.1, 0.15) is 22.9 Å². The molecule has 0 radical (unpaired) electrons. The molecule has 0 amide bonds. The Hall–Kier alpha value is -3.93. The summed E-state index contributed by atoms with van der Waals surface area (Å²) in [5.41, 5.74) is 11.2. The molecule has 3 aromatic heterocycles. The highest BCUT2D eigenvalue weighted by atomic mass is 16.5. The summed E-state index contributed by atoms with van der Waals surface area (Å²) in [7, 11) is 0. The van der Waals surface area contributed by atoms with E-state index in [9.17, 15) is 5.21 Å². The van der Waals surface area contributed by atoms with E-state index in [4.69, 9.17) is 10.7 Å². The van der Waals surface area contributed by atoms with Gasteiger partial charge in [0.2, 0.25) is 0 Å². The van der Waals surface area contributed by atoms with Crippen molar-refractivity contribution in [2.24, 2.45) is 0 Å². The zero-order valence-corrected chi connectivity index (χ0v) is 16.9. The summed E-state index contributed by atoms with van der Waals surface area (Å²) in [6.45, 7) is 0. The lowest BCUT2D eigenvalue weighted by atomic mass is 9.85. The topological polar surface area (TPSA) is 80.3 Å². The highest BCUT2D eigenvalue weighted by Gasteiger charge is 2.27. The Bertz CT molecular complexity index is 1440. The summed E-state index contributed by atoms with van der Waals surface area (Å²) in [4.78, 5) is 9.32. The molecule has 3 heterocycles. The maximum Gasteiger partial charge on any atom is 0.265 e. The Labute approximate surface area is 201 Å². The van der Waals surface area contributed by atoms with Crippen LogP contribution in [0.15, 0.2) is 73.1 Å². The van der Waals surface area contributed by atoms with E-state index < -0.39 is 0 Å². The van der Waals surface area contributed by atoms with Gasteiger partial charge in [0.15, 0.2) is 0 Å². The molecule has 3 N–H and O–H groups in total. The van der Waals surface area contributed by atoms with Gasteiger partial charge in [0, 0.05) is 40.7 Å². The van der Waals surface area contributed by atoms with E-state index in [0.29, 0.717) is 17.3 Å². The lowest BCUT2D eigenvalue weighted by Gasteiger charge is -2.23. The van der Waals surface area contributed by atoms with Crippen molar-refractivity contribution in [2.75, 3.05) is 5.73 Å². The van der Waals surface area contributed by atoms with Crippen LogP contribution >= 0.6 is 0 Å². The zero-order valence-electron chi connectivity index (χ0n) is 16.9. The van der Waals surface area contributed by atoms with Crippen LogP contribution in [0, 0.1) is 0 Å². The number of benzene rings is 2. The molecule has 6 heteroatoms. The molecule has 1 aliphatic carbocycles. The van der Waals surface area contributed by atoms with E-state index in [2.05, 4.69) is 9.38 Å². The molecule has 0 aliphatic heterocycles. The van der Waals surface area contributed by atoms with Crippen LogP contribution in [0.4, 0.5) is 5.82 Å². The number of aromatic nitrogens is 4. The molecule has 0 unspecified atom stereocenters. The number of fused-ring (bicyclic) bond motifs is 2. The number of nitrogens with two attached hydrogens (primary N) is 1. The molecule has 6 rings (SSSR count). The molecule has 176 valence electrons. The van der Waals surface area contributed by atoms with Crippen LogP contribution in [-0.2, 0) is 0 Å². The number of nitrogen functional groups attached to an aromatic ring is 1. The van der Waals surface area contributed by atoms with Crippen molar-refractivity contribution in [3.63, 3.8) is 0 Å². The first-order valence-electron chi connectivity index (χ1n) is 10.6. The maximum absolute atomic E-state index is 11.0. The minimum Gasteiger partial charge on any atom is -0.382 e. The Morgan fingerprint density at radius 2 is 1.68 bits per heavy atom. The monoisotopic (exact) mass is 456 g/mol. The number of anilines is 1. The number of rotatable bonds is 3. The van der Waals surface area contributed by atoms with Gasteiger partial charge in [-0.25, -0.2) is 9.97 Å². The molecule has 5 aromatic rings. The summed E-state index contributed by atoms with van der Waals surface area (Å²) in [5, 5.41) is 12.0. The average Bonchev–Trinajstić information content (AvgIpc) is 3.14. The van der Waals surface area contributed by atoms with Gasteiger partial charge in [-0.3, -0.25) is 9.61 Å². The number of pyridine rings is 1. The molecule has 0 spiro atoms. The highest BCUT2D eigenvalue weighted by Crippen LogP contribution is 2.39. The lowest BCUT2D eigenvalue weighted by Crippen LogP contribution is -2.33. The van der Waals surface area contributed by atoms with E-state index in [1.54, 1.807) is 6.20 Å². The molecule has 6 nitrogen and oxygen atoms in total. The fraction of sp³-hybridized carbons (Fsp3) is 0.250. The van der Waals surface area contributed by atoms with Gasteiger partial charge < -0.3 is 5.73 Å². The fourth-order valence-corrected chi connectivity index (χ4v) is 4.45. The smallest absolute Gasteiger partial charge is 0.265 e. The van der Waals surface area contributed by atoms with Gasteiger partial charge in [-0.2, -0.15) is 0 Å². The van der Waals surface area contributed by atoms with Crippen LogP contribution in [0.1, 0.15) is 53.3 Å². The molecule has 1 fully saturated rings. The second kappa shape index (κ2) is 9.51. The van der Waals surface area contributed by atoms with Crippen molar-refractivity contribution in [2.45, 2.75) is 47.5 Å². The fourth-order valence-electron chi connectivity index (χ4n) is 4.45. The van der Waals surface area contributed by atoms with Crippen molar-refractivity contribution in [3.8, 4) is 22.5 Å². The van der Waals surface area contributed by atoms with Crippen LogP contribution in [0.2, 0.25) is 0 Å². The quantitative estimate of drug-likeness (QED) is 0.240. The van der Waals surface area contributed by atoms with Gasteiger partial charge in [0.05, 0.1) is 10.9 Å². The van der Waals surface area contributed by atoms with Crippen LogP contribution in [0.5, 0.6) is 0 Å². The van der Waals surface area contributed by atoms with E-state index in [1.165, 1.54) is 11.2 Å². The van der Waals surface area contributed by atoms with Crippen molar-refractivity contribution in [1.82, 2.24) is 14.4 Å². The summed E-state index contributed by atoms with van der Waals surface area (Å²) in [6, 6.07) is 19.8. The zero-order chi connectivity index (χ0) is 20.9. The molecule has 1 saturated carbocycles. The molecule has 0 atom stereocenters. The minimum atomic E-state index is 0. The second-order valence-corrected chi connectivity index (χ2v) is 8.15. The van der Waals surface area contributed by atoms with Crippen LogP contribution in [0.25, 0.3) is 38.9 Å². The summed E-state index contributed by atoms with van der Waals surface area (Å²) < 4.78 is 3.33. The number of imidazole rings is 1. The molecule has 34 heavy (non-hydrogen) atoms. The maximum atomic E-state index is 11.0. The normalized spacial score (nSPS) is 12.9. The highest BCUT2D eigenvalue weighted by molar-refractivity contribution is 5.90. The number of hydrogen-bond donors (Lipinski definition) is 2. The van der Waals surface area contributed by atoms with Gasteiger partial charge in [0.25, 0.3) is 11.2 Å². The Morgan fingerprint density at radius 1 is 0.941 bits per heavy atom. The van der Waals surface area contributed by atoms with E-state index >= 15 is 0 Å². The van der Waals surface area contributed by atoms with Gasteiger partial charge >= 0.3 is 0 Å². The second-order valence-electron chi connectivity index (χ2n) is 8.15. The van der Waals surface area contributed by atoms with E-state index in [0.717, 1.165) is 52.1 Å². The summed E-state index contributed by atoms with van der Waals surface area (Å²) in [5.74, 6) is 1.96. The lowest BCUT2D eigenvalue weighted by molar-refractivity contribution is -0.876. The van der Waals surface area contributed by atoms with Gasteiger partial charge in [-0.1, -0.05) is 53.0 Å². The minimum absolute atomic E-state index is 0. The van der Waals surface area contributed by atoms with Crippen LogP contribution in [-0.4, -0.2) is 19.6 Å². The van der Waals surface area contributed by atoms with Crippen molar-refractivity contribution in [1.29, 1.82) is 0 Å². The van der Waals surface area contributed by atoms with Crippen LogP contribution in [0.3, 0.4) is 0 Å². The van der Waals surface area contributed by atoms with Crippen molar-refractivity contribution < 1.29 is 9.94 Å².